The molecule has 2 atom stereocenters. The van der Waals surface area contributed by atoms with E-state index in [1.165, 1.54) is 0 Å². The highest BCUT2D eigenvalue weighted by Gasteiger charge is 2.28. The van der Waals surface area contributed by atoms with E-state index in [0.717, 1.165) is 6.42 Å². The molecule has 0 spiro atoms. The van der Waals surface area contributed by atoms with E-state index in [4.69, 9.17) is 19.0 Å². The summed E-state index contributed by atoms with van der Waals surface area (Å²) in [5, 5.41) is 16.3. The van der Waals surface area contributed by atoms with Crippen LogP contribution in [0.3, 0.4) is 0 Å². The first-order chi connectivity index (χ1) is 8.66. The highest BCUT2D eigenvalue weighted by molar-refractivity contribution is 5.67. The van der Waals surface area contributed by atoms with Gasteiger partial charge in [-0.15, -0.1) is 10.2 Å². The van der Waals surface area contributed by atoms with Gasteiger partial charge in [0.2, 0.25) is 11.8 Å². The SMILES string of the molecule is CC1COCCC1c1nnc(COCC(=O)O)o1. The molecule has 1 saturated heterocycles. The van der Waals surface area contributed by atoms with E-state index in [-0.39, 0.29) is 19.1 Å². The van der Waals surface area contributed by atoms with Crippen molar-refractivity contribution in [1.29, 1.82) is 0 Å². The maximum Gasteiger partial charge on any atom is 0.329 e. The van der Waals surface area contributed by atoms with Gasteiger partial charge in [0.05, 0.1) is 0 Å². The van der Waals surface area contributed by atoms with Gasteiger partial charge < -0.3 is 19.0 Å². The molecule has 1 aromatic rings. The van der Waals surface area contributed by atoms with Crippen LogP contribution in [-0.4, -0.2) is 41.1 Å². The standard InChI is InChI=1S/C11H16N2O5/c1-7-4-16-3-2-8(7)11-13-12-9(18-11)5-17-6-10(14)15/h7-8H,2-6H2,1H3,(H,14,15). The average Bonchev–Trinajstić information content (AvgIpc) is 2.78. The topological polar surface area (TPSA) is 94.7 Å². The van der Waals surface area contributed by atoms with Crippen LogP contribution in [0.1, 0.15) is 31.0 Å². The van der Waals surface area contributed by atoms with Gasteiger partial charge in [0.25, 0.3) is 0 Å². The molecule has 0 radical (unpaired) electrons. The van der Waals surface area contributed by atoms with Crippen molar-refractivity contribution in [1.82, 2.24) is 10.2 Å². The van der Waals surface area contributed by atoms with Gasteiger partial charge in [-0.05, 0) is 12.3 Å². The Kier molecular flexibility index (Phi) is 4.27. The Balaban J connectivity index is 1.90. The summed E-state index contributed by atoms with van der Waals surface area (Å²) in [6.45, 7) is 3.12. The van der Waals surface area contributed by atoms with Crippen LogP contribution in [0.25, 0.3) is 0 Å². The largest absolute Gasteiger partial charge is 0.480 e. The predicted octanol–water partition coefficient (Wildman–Crippen LogP) is 0.811. The van der Waals surface area contributed by atoms with E-state index in [9.17, 15) is 4.79 Å². The summed E-state index contributed by atoms with van der Waals surface area (Å²) in [5.74, 6) is 0.420. The van der Waals surface area contributed by atoms with Gasteiger partial charge >= 0.3 is 5.97 Å². The van der Waals surface area contributed by atoms with E-state index in [2.05, 4.69) is 17.1 Å². The number of carboxylic acids is 1. The minimum atomic E-state index is -1.02. The fourth-order valence-electron chi connectivity index (χ4n) is 1.95. The van der Waals surface area contributed by atoms with E-state index < -0.39 is 5.97 Å². The Morgan fingerprint density at radius 2 is 2.39 bits per heavy atom. The van der Waals surface area contributed by atoms with Crippen LogP contribution < -0.4 is 0 Å². The van der Waals surface area contributed by atoms with Gasteiger partial charge in [0.15, 0.2) is 0 Å². The lowest BCUT2D eigenvalue weighted by Crippen LogP contribution is -2.23. The highest BCUT2D eigenvalue weighted by atomic mass is 16.5. The summed E-state index contributed by atoms with van der Waals surface area (Å²) < 4.78 is 15.7. The van der Waals surface area contributed by atoms with Crippen LogP contribution in [-0.2, 0) is 20.9 Å². The number of hydrogen-bond acceptors (Lipinski definition) is 6. The number of carboxylic acid groups (broad SMARTS) is 1. The van der Waals surface area contributed by atoms with E-state index in [1.807, 2.05) is 0 Å². The Morgan fingerprint density at radius 3 is 3.11 bits per heavy atom. The molecular weight excluding hydrogens is 240 g/mol. The normalized spacial score (nSPS) is 24.1. The highest BCUT2D eigenvalue weighted by Crippen LogP contribution is 2.30. The zero-order chi connectivity index (χ0) is 13.0. The fourth-order valence-corrected chi connectivity index (χ4v) is 1.95. The predicted molar refractivity (Wildman–Crippen MR) is 58.9 cm³/mol. The van der Waals surface area contributed by atoms with Crippen molar-refractivity contribution in [2.75, 3.05) is 19.8 Å². The van der Waals surface area contributed by atoms with Crippen LogP contribution in [0.15, 0.2) is 4.42 Å². The molecule has 2 unspecified atom stereocenters. The molecule has 100 valence electrons. The molecule has 7 nitrogen and oxygen atoms in total. The first kappa shape index (κ1) is 13.0. The summed E-state index contributed by atoms with van der Waals surface area (Å²) in [4.78, 5) is 10.3. The molecule has 0 bridgehead atoms. The maximum atomic E-state index is 10.3. The number of carbonyl (C=O) groups is 1. The van der Waals surface area contributed by atoms with Crippen molar-refractivity contribution in [3.05, 3.63) is 11.8 Å². The van der Waals surface area contributed by atoms with Crippen LogP contribution in [0, 0.1) is 5.92 Å². The summed E-state index contributed by atoms with van der Waals surface area (Å²) in [6.07, 6.45) is 0.860. The molecule has 1 aliphatic heterocycles. The molecule has 0 saturated carbocycles. The molecule has 1 fully saturated rings. The first-order valence-corrected chi connectivity index (χ1v) is 5.86. The van der Waals surface area contributed by atoms with Gasteiger partial charge in [-0.25, -0.2) is 4.79 Å². The van der Waals surface area contributed by atoms with Crippen molar-refractivity contribution in [2.45, 2.75) is 25.9 Å². The Morgan fingerprint density at radius 1 is 1.56 bits per heavy atom. The van der Waals surface area contributed by atoms with Crippen molar-refractivity contribution < 1.29 is 23.8 Å². The summed E-state index contributed by atoms with van der Waals surface area (Å²) in [7, 11) is 0. The van der Waals surface area contributed by atoms with E-state index >= 15 is 0 Å². The van der Waals surface area contributed by atoms with E-state index in [0.29, 0.717) is 30.9 Å². The van der Waals surface area contributed by atoms with Gasteiger partial charge in [-0.3, -0.25) is 0 Å². The number of ether oxygens (including phenoxy) is 2. The molecule has 2 heterocycles. The number of aliphatic carboxylic acids is 1. The molecule has 1 aromatic heterocycles. The summed E-state index contributed by atoms with van der Waals surface area (Å²) in [6, 6.07) is 0. The molecule has 7 heteroatoms. The molecule has 0 aliphatic carbocycles. The Bertz CT molecular complexity index is 406. The molecular formula is C11H16N2O5. The lowest BCUT2D eigenvalue weighted by molar-refractivity contribution is -0.142. The van der Waals surface area contributed by atoms with Crippen molar-refractivity contribution in [2.24, 2.45) is 5.92 Å². The fraction of sp³-hybridized carbons (Fsp3) is 0.727. The zero-order valence-corrected chi connectivity index (χ0v) is 10.2. The Labute approximate surface area is 104 Å². The molecule has 1 aliphatic rings. The smallest absolute Gasteiger partial charge is 0.329 e. The third kappa shape index (κ3) is 3.27. The second-order valence-corrected chi connectivity index (χ2v) is 4.37. The van der Waals surface area contributed by atoms with Crippen molar-refractivity contribution >= 4 is 5.97 Å². The molecule has 0 aromatic carbocycles. The monoisotopic (exact) mass is 256 g/mol. The summed E-state index contributed by atoms with van der Waals surface area (Å²) >= 11 is 0. The second kappa shape index (κ2) is 5.92. The third-order valence-corrected chi connectivity index (χ3v) is 2.89. The minimum absolute atomic E-state index is 0.0247. The maximum absolute atomic E-state index is 10.3. The van der Waals surface area contributed by atoms with Crippen molar-refractivity contribution in [3.8, 4) is 0 Å². The number of rotatable bonds is 5. The second-order valence-electron chi connectivity index (χ2n) is 4.37. The van der Waals surface area contributed by atoms with Crippen LogP contribution in [0.4, 0.5) is 0 Å². The van der Waals surface area contributed by atoms with Gasteiger partial charge in [0, 0.05) is 19.1 Å². The molecule has 2 rings (SSSR count). The number of aromatic nitrogens is 2. The lowest BCUT2D eigenvalue weighted by atomic mass is 9.90. The van der Waals surface area contributed by atoms with Gasteiger partial charge in [-0.2, -0.15) is 0 Å². The van der Waals surface area contributed by atoms with Gasteiger partial charge in [0.1, 0.15) is 13.2 Å². The van der Waals surface area contributed by atoms with Crippen LogP contribution >= 0.6 is 0 Å². The quantitative estimate of drug-likeness (QED) is 0.832. The molecule has 1 N–H and O–H groups in total. The van der Waals surface area contributed by atoms with E-state index in [1.54, 1.807) is 0 Å². The summed E-state index contributed by atoms with van der Waals surface area (Å²) in [5.41, 5.74) is 0. The van der Waals surface area contributed by atoms with Crippen LogP contribution in [0.5, 0.6) is 0 Å². The lowest BCUT2D eigenvalue weighted by Gasteiger charge is -2.25. The van der Waals surface area contributed by atoms with Gasteiger partial charge in [-0.1, -0.05) is 6.92 Å². The van der Waals surface area contributed by atoms with Crippen molar-refractivity contribution in [3.63, 3.8) is 0 Å². The first-order valence-electron chi connectivity index (χ1n) is 5.86. The average molecular weight is 256 g/mol. The minimum Gasteiger partial charge on any atom is -0.480 e. The number of nitrogens with zero attached hydrogens (tertiary/aromatic N) is 2. The zero-order valence-electron chi connectivity index (χ0n) is 10.2. The number of hydrogen-bond donors (Lipinski definition) is 1. The molecule has 18 heavy (non-hydrogen) atoms. The third-order valence-electron chi connectivity index (χ3n) is 2.89. The Hall–Kier alpha value is -1.47. The molecule has 0 amide bonds. The van der Waals surface area contributed by atoms with Crippen LogP contribution in [0.2, 0.25) is 0 Å².